The molecule has 0 spiro atoms. The highest BCUT2D eigenvalue weighted by molar-refractivity contribution is 6.39. The lowest BCUT2D eigenvalue weighted by Gasteiger charge is -2.27. The van der Waals surface area contributed by atoms with Crippen molar-refractivity contribution in [1.29, 1.82) is 0 Å². The zero-order valence-corrected chi connectivity index (χ0v) is 21.6. The van der Waals surface area contributed by atoms with Gasteiger partial charge < -0.3 is 14.2 Å². The Morgan fingerprint density at radius 2 is 1.74 bits per heavy atom. The maximum atomic E-state index is 13.3. The molecular weight excluding hydrogens is 535 g/mol. The second-order valence-electron chi connectivity index (χ2n) is 7.78. The lowest BCUT2D eigenvalue weighted by Crippen LogP contribution is -2.54. The number of amides is 4. The molecule has 0 radical (unpaired) electrons. The summed E-state index contributed by atoms with van der Waals surface area (Å²) in [5, 5.41) is 2.66. The molecule has 1 aliphatic heterocycles. The number of rotatable bonds is 7. The molecule has 1 aliphatic rings. The van der Waals surface area contributed by atoms with Crippen molar-refractivity contribution in [2.24, 2.45) is 0 Å². The number of anilines is 1. The van der Waals surface area contributed by atoms with E-state index in [0.29, 0.717) is 10.6 Å². The summed E-state index contributed by atoms with van der Waals surface area (Å²) >= 11 is 12.0. The third-order valence-electron chi connectivity index (χ3n) is 5.36. The summed E-state index contributed by atoms with van der Waals surface area (Å²) < 4.78 is 16.4. The van der Waals surface area contributed by atoms with Crippen LogP contribution in [0.5, 0.6) is 17.2 Å². The molecule has 9 nitrogen and oxygen atoms in total. The number of barbiturate groups is 1. The minimum absolute atomic E-state index is 0.0928. The number of nitrogens with one attached hydrogen (secondary N) is 1. The summed E-state index contributed by atoms with van der Waals surface area (Å²) in [5.41, 5.74) is 0.366. The number of hydrogen-bond acceptors (Lipinski definition) is 7. The van der Waals surface area contributed by atoms with Crippen molar-refractivity contribution in [3.8, 4) is 17.2 Å². The number of hydrogen-bond donors (Lipinski definition) is 1. The van der Waals surface area contributed by atoms with Crippen molar-refractivity contribution in [2.75, 3.05) is 18.6 Å². The number of ether oxygens (including phenoxy) is 3. The first kappa shape index (κ1) is 26.7. The summed E-state index contributed by atoms with van der Waals surface area (Å²) in [7, 11) is 1.40. The molecule has 4 rings (SSSR count). The first-order chi connectivity index (χ1) is 18.2. The van der Waals surface area contributed by atoms with E-state index in [1.165, 1.54) is 55.7 Å². The molecule has 3 aromatic carbocycles. The zero-order valence-electron chi connectivity index (χ0n) is 20.1. The van der Waals surface area contributed by atoms with E-state index in [1.807, 2.05) is 0 Å². The van der Waals surface area contributed by atoms with Gasteiger partial charge in [0.2, 0.25) is 0 Å². The fraction of sp³-hybridized carbons (Fsp3) is 0.111. The molecule has 1 heterocycles. The third-order valence-corrected chi connectivity index (χ3v) is 5.91. The fourth-order valence-electron chi connectivity index (χ4n) is 3.63. The van der Waals surface area contributed by atoms with E-state index in [4.69, 9.17) is 37.4 Å². The Hall–Kier alpha value is -4.34. The molecule has 11 heteroatoms. The number of methoxy groups -OCH3 is 1. The Balaban J connectivity index is 1.66. The molecule has 1 N–H and O–H groups in total. The van der Waals surface area contributed by atoms with Crippen LogP contribution in [0, 0.1) is 0 Å². The van der Waals surface area contributed by atoms with E-state index in [0.717, 1.165) is 4.90 Å². The van der Waals surface area contributed by atoms with Gasteiger partial charge in [0.1, 0.15) is 11.3 Å². The van der Waals surface area contributed by atoms with Crippen LogP contribution in [0.1, 0.15) is 22.8 Å². The molecule has 4 amide bonds. The number of nitrogens with zero attached hydrogens (tertiary/aromatic N) is 1. The highest BCUT2D eigenvalue weighted by Crippen LogP contribution is 2.33. The SMILES string of the molecule is CCOc1cc(/C=C2\C(=O)NC(=O)N(c3ccccc3OC)C2=O)ccc1OC(=O)c1ccc(Cl)cc1Cl. The average molecular weight is 555 g/mol. The number of para-hydroxylation sites is 2. The first-order valence-corrected chi connectivity index (χ1v) is 12.0. The summed E-state index contributed by atoms with van der Waals surface area (Å²) in [6.07, 6.45) is 1.30. The monoisotopic (exact) mass is 554 g/mol. The molecule has 1 fully saturated rings. The Morgan fingerprint density at radius 1 is 0.974 bits per heavy atom. The molecule has 1 saturated heterocycles. The maximum absolute atomic E-state index is 13.3. The highest BCUT2D eigenvalue weighted by atomic mass is 35.5. The topological polar surface area (TPSA) is 111 Å². The molecule has 0 unspecified atom stereocenters. The van der Waals surface area contributed by atoms with Crippen molar-refractivity contribution in [1.82, 2.24) is 5.32 Å². The predicted octanol–water partition coefficient (Wildman–Crippen LogP) is 5.29. The van der Waals surface area contributed by atoms with Crippen molar-refractivity contribution in [3.05, 3.63) is 87.4 Å². The van der Waals surface area contributed by atoms with Gasteiger partial charge in [0, 0.05) is 5.02 Å². The maximum Gasteiger partial charge on any atom is 0.345 e. The van der Waals surface area contributed by atoms with Gasteiger partial charge >= 0.3 is 12.0 Å². The molecule has 0 aliphatic carbocycles. The van der Waals surface area contributed by atoms with E-state index in [1.54, 1.807) is 25.1 Å². The first-order valence-electron chi connectivity index (χ1n) is 11.2. The van der Waals surface area contributed by atoms with Gasteiger partial charge in [-0.1, -0.05) is 41.4 Å². The molecule has 3 aromatic rings. The second kappa shape index (κ2) is 11.4. The zero-order chi connectivity index (χ0) is 27.4. The number of carbonyl (C=O) groups is 4. The summed E-state index contributed by atoms with van der Waals surface area (Å²) in [4.78, 5) is 51.9. The van der Waals surface area contributed by atoms with Crippen LogP contribution in [0.15, 0.2) is 66.2 Å². The van der Waals surface area contributed by atoms with Gasteiger partial charge in [0.15, 0.2) is 11.5 Å². The van der Waals surface area contributed by atoms with E-state index >= 15 is 0 Å². The number of halogens is 2. The number of carbonyl (C=O) groups excluding carboxylic acids is 4. The molecular formula is C27H20Cl2N2O7. The second-order valence-corrected chi connectivity index (χ2v) is 8.63. The van der Waals surface area contributed by atoms with Crippen molar-refractivity contribution >= 4 is 58.8 Å². The minimum atomic E-state index is -0.903. The van der Waals surface area contributed by atoms with Crippen LogP contribution in [0.4, 0.5) is 10.5 Å². The lowest BCUT2D eigenvalue weighted by atomic mass is 10.1. The number of esters is 1. The van der Waals surface area contributed by atoms with Crippen LogP contribution in [0.25, 0.3) is 6.08 Å². The minimum Gasteiger partial charge on any atom is -0.495 e. The molecule has 38 heavy (non-hydrogen) atoms. The van der Waals surface area contributed by atoms with Gasteiger partial charge in [0.25, 0.3) is 11.8 Å². The number of imide groups is 2. The molecule has 0 aromatic heterocycles. The van der Waals surface area contributed by atoms with Crippen LogP contribution < -0.4 is 24.4 Å². The van der Waals surface area contributed by atoms with Crippen LogP contribution in [-0.2, 0) is 9.59 Å². The highest BCUT2D eigenvalue weighted by Gasteiger charge is 2.38. The number of urea groups is 1. The van der Waals surface area contributed by atoms with E-state index < -0.39 is 23.8 Å². The Labute approximate surface area is 227 Å². The van der Waals surface area contributed by atoms with Gasteiger partial charge in [-0.25, -0.2) is 14.5 Å². The van der Waals surface area contributed by atoms with Crippen molar-refractivity contribution in [3.63, 3.8) is 0 Å². The lowest BCUT2D eigenvalue weighted by molar-refractivity contribution is -0.122. The van der Waals surface area contributed by atoms with Crippen molar-refractivity contribution < 1.29 is 33.4 Å². The quantitative estimate of drug-likeness (QED) is 0.183. The van der Waals surface area contributed by atoms with Crippen molar-refractivity contribution in [2.45, 2.75) is 6.92 Å². The predicted molar refractivity (Wildman–Crippen MR) is 141 cm³/mol. The van der Waals surface area contributed by atoms with E-state index in [2.05, 4.69) is 5.32 Å². The smallest absolute Gasteiger partial charge is 0.345 e. The van der Waals surface area contributed by atoms with Crippen LogP contribution >= 0.6 is 23.2 Å². The van der Waals surface area contributed by atoms with Gasteiger partial charge in [0.05, 0.1) is 30.0 Å². The Morgan fingerprint density at radius 3 is 2.45 bits per heavy atom. The Kier molecular flexibility index (Phi) is 7.99. The van der Waals surface area contributed by atoms with Gasteiger partial charge in [-0.15, -0.1) is 0 Å². The standard InChI is InChI=1S/C27H20Cl2N2O7/c1-3-37-23-13-15(8-11-22(23)38-26(34)17-10-9-16(28)14-19(17)29)12-18-24(32)30-27(35)31(25(18)33)20-6-4-5-7-21(20)36-2/h4-14H,3H2,1-2H3,(H,30,32,35)/b18-12+. The fourth-order valence-corrected chi connectivity index (χ4v) is 4.12. The third kappa shape index (κ3) is 5.49. The van der Waals surface area contributed by atoms with E-state index in [9.17, 15) is 19.2 Å². The molecule has 0 saturated carbocycles. The van der Waals surface area contributed by atoms with Crippen LogP contribution in [-0.4, -0.2) is 37.5 Å². The van der Waals surface area contributed by atoms with E-state index in [-0.39, 0.29) is 45.7 Å². The van der Waals surface area contributed by atoms with Gasteiger partial charge in [-0.05, 0) is 61.0 Å². The summed E-state index contributed by atoms with van der Waals surface area (Å²) in [6, 6.07) is 14.3. The largest absolute Gasteiger partial charge is 0.495 e. The van der Waals surface area contributed by atoms with Crippen LogP contribution in [0.2, 0.25) is 10.0 Å². The molecule has 0 bridgehead atoms. The van der Waals surface area contributed by atoms with Gasteiger partial charge in [-0.2, -0.15) is 0 Å². The summed E-state index contributed by atoms with van der Waals surface area (Å²) in [5.74, 6) is -1.88. The number of benzene rings is 3. The van der Waals surface area contributed by atoms with Crippen LogP contribution in [0.3, 0.4) is 0 Å². The average Bonchev–Trinajstić information content (AvgIpc) is 2.88. The van der Waals surface area contributed by atoms with Gasteiger partial charge in [-0.3, -0.25) is 14.9 Å². The normalized spacial score (nSPS) is 14.4. The molecule has 194 valence electrons. The molecule has 0 atom stereocenters. The Bertz CT molecular complexity index is 1490. The summed E-state index contributed by atoms with van der Waals surface area (Å²) in [6.45, 7) is 1.98.